The van der Waals surface area contributed by atoms with E-state index >= 15 is 0 Å². The number of hydrogen-bond acceptors (Lipinski definition) is 2. The summed E-state index contributed by atoms with van der Waals surface area (Å²) in [6.45, 7) is 48.0. The molecular formula is C126H149N5. The molecule has 0 radical (unpaired) electrons. The lowest BCUT2D eigenvalue weighted by molar-refractivity contribution is 1.00. The number of rotatable bonds is 0. The van der Waals surface area contributed by atoms with Crippen LogP contribution in [-0.4, -0.2) is 23.7 Å². The molecule has 14 aromatic carbocycles. The topological polar surface area (TPSA) is 40.6 Å². The average Bonchev–Trinajstić information content (AvgIpc) is 1.62. The van der Waals surface area contributed by atoms with E-state index in [1.807, 2.05) is 178 Å². The highest BCUT2D eigenvalue weighted by atomic mass is 15.1. The molecule has 6 aliphatic carbocycles. The molecule has 0 spiro atoms. The predicted octanol–water partition coefficient (Wildman–Crippen LogP) is 35.5. The minimum absolute atomic E-state index is 0.949. The monoisotopic (exact) mass is 1730 g/mol. The van der Waals surface area contributed by atoms with Gasteiger partial charge in [-0.05, 0) is 222 Å². The number of aromatic nitrogens is 5. The molecule has 3 aromatic heterocycles. The maximum absolute atomic E-state index is 4.67. The fourth-order valence-corrected chi connectivity index (χ4v) is 18.1. The molecular weight excluding hydrogens is 1580 g/mol. The largest absolute Gasteiger partial charge is 0.313 e. The fourth-order valence-electron chi connectivity index (χ4n) is 18.1. The van der Waals surface area contributed by atoms with Crippen molar-refractivity contribution in [3.8, 4) is 28.2 Å². The van der Waals surface area contributed by atoms with Crippen LogP contribution in [0.2, 0.25) is 0 Å². The summed E-state index contributed by atoms with van der Waals surface area (Å²) in [6.07, 6.45) is 10.8. The molecule has 0 atom stereocenters. The Hall–Kier alpha value is -13.0. The van der Waals surface area contributed by atoms with Gasteiger partial charge < -0.3 is 4.57 Å². The molecule has 9 aliphatic rings. The Morgan fingerprint density at radius 3 is 0.786 bits per heavy atom. The Bertz CT molecular complexity index is 5880. The van der Waals surface area contributed by atoms with Crippen molar-refractivity contribution < 1.29 is 0 Å². The van der Waals surface area contributed by atoms with Crippen molar-refractivity contribution in [1.29, 1.82) is 0 Å². The van der Waals surface area contributed by atoms with E-state index in [0.717, 1.165) is 86.9 Å². The van der Waals surface area contributed by atoms with Gasteiger partial charge in [-0.1, -0.05) is 463 Å². The van der Waals surface area contributed by atoms with Gasteiger partial charge >= 0.3 is 0 Å². The van der Waals surface area contributed by atoms with Crippen LogP contribution in [0.4, 0.5) is 0 Å². The van der Waals surface area contributed by atoms with Crippen molar-refractivity contribution in [3.63, 3.8) is 0 Å². The lowest BCUT2D eigenvalue weighted by atomic mass is 9.86. The van der Waals surface area contributed by atoms with E-state index in [4.69, 9.17) is 0 Å². The van der Waals surface area contributed by atoms with E-state index in [-0.39, 0.29) is 0 Å². The maximum atomic E-state index is 4.67. The summed E-state index contributed by atoms with van der Waals surface area (Å²) in [5.41, 5.74) is 45.3. The van der Waals surface area contributed by atoms with E-state index in [1.165, 1.54) is 156 Å². The zero-order valence-electron chi connectivity index (χ0n) is 83.7. The normalized spacial score (nSPS) is 11.8. The van der Waals surface area contributed by atoms with Crippen molar-refractivity contribution in [2.45, 2.75) is 230 Å². The highest BCUT2D eigenvalue weighted by Crippen LogP contribution is 2.48. The van der Waals surface area contributed by atoms with Crippen LogP contribution in [0.25, 0.3) is 77.9 Å². The first-order valence-electron chi connectivity index (χ1n) is 49.9. The molecule has 0 unspecified atom stereocenters. The molecule has 3 aliphatic heterocycles. The van der Waals surface area contributed by atoms with E-state index in [2.05, 4.69) is 357 Å². The standard InChI is InChI=1S/2C16H12.C15H11N.2C14H10N2.C14H12.C13H10.12C2H6/c1-3-7-14-11(5-1)9-13-10-12-6-2-4-8-15(12)16(13)14;1-3-7-13-11(5-1)9-15-14-8-4-2-6-12(14)10-16(13)15;1-3-7-14-11(5-1)9-13-10-12-6-2-4-8-15(12)16(13)14;2*1-3-7-12-10(5-1)9-14-15-11-6-2-4-8-13(11)16(12)14;1-2-6-12-10-14-8-4-3-7-13(14)9-11(12)5-1;1-3-7-12-10(5-1)9-11-6-2-4-8-13(11)12;12*1-2/h2*1-8H,9-10H2;1-9H,10H2;2*1-8H,9H2;1-8H,9-10H2;1-8H,9H2;12*1-2H3. The second kappa shape index (κ2) is 54.5. The van der Waals surface area contributed by atoms with Crippen LogP contribution in [-0.2, 0) is 64.2 Å². The number of para-hydroxylation sites is 8. The quantitative estimate of drug-likeness (QED) is 0.152. The first-order chi connectivity index (χ1) is 65.0. The molecule has 678 valence electrons. The summed E-state index contributed by atoms with van der Waals surface area (Å²) in [5.74, 6) is 2.31. The van der Waals surface area contributed by atoms with Gasteiger partial charge in [-0.15, -0.1) is 0 Å². The molecule has 0 amide bonds. The average molecular weight is 1730 g/mol. The molecule has 0 bridgehead atoms. The second-order valence-electron chi connectivity index (χ2n) is 29.3. The molecule has 0 saturated heterocycles. The Kier molecular flexibility index (Phi) is 43.0. The van der Waals surface area contributed by atoms with Crippen LogP contribution in [0.3, 0.4) is 0 Å². The predicted molar refractivity (Wildman–Crippen MR) is 577 cm³/mol. The number of imidazole rings is 2. The molecule has 6 heterocycles. The zero-order valence-corrected chi connectivity index (χ0v) is 83.7. The van der Waals surface area contributed by atoms with Crippen LogP contribution in [0, 0.1) is 0 Å². The van der Waals surface area contributed by atoms with E-state index < -0.39 is 0 Å². The zero-order chi connectivity index (χ0) is 94.7. The highest BCUT2D eigenvalue weighted by Gasteiger charge is 2.31. The third-order valence-electron chi connectivity index (χ3n) is 23.0. The Labute approximate surface area is 789 Å². The highest BCUT2D eigenvalue weighted by molar-refractivity contribution is 6.02. The first kappa shape index (κ1) is 103. The van der Waals surface area contributed by atoms with Crippen LogP contribution in [0.15, 0.2) is 351 Å². The number of hydrogen-bond donors (Lipinski definition) is 0. The Morgan fingerprint density at radius 2 is 0.427 bits per heavy atom. The third kappa shape index (κ3) is 23.4. The number of benzene rings is 14. The molecule has 0 saturated carbocycles. The molecule has 0 fully saturated rings. The lowest BCUT2D eigenvalue weighted by Gasteiger charge is -2.18. The van der Waals surface area contributed by atoms with Gasteiger partial charge in [0.15, 0.2) is 0 Å². The van der Waals surface area contributed by atoms with Crippen molar-refractivity contribution in [3.05, 3.63) is 463 Å². The Morgan fingerprint density at radius 1 is 0.183 bits per heavy atom. The third-order valence-corrected chi connectivity index (χ3v) is 23.0. The first-order valence-corrected chi connectivity index (χ1v) is 49.9. The van der Waals surface area contributed by atoms with E-state index in [0.29, 0.717) is 0 Å². The summed E-state index contributed by atoms with van der Waals surface area (Å²) < 4.78 is 6.92. The van der Waals surface area contributed by atoms with Crippen molar-refractivity contribution >= 4 is 49.7 Å². The van der Waals surface area contributed by atoms with Crippen molar-refractivity contribution in [1.82, 2.24) is 23.7 Å². The van der Waals surface area contributed by atoms with Gasteiger partial charge in [0, 0.05) is 36.0 Å². The van der Waals surface area contributed by atoms with E-state index in [1.54, 1.807) is 16.7 Å². The van der Waals surface area contributed by atoms with E-state index in [9.17, 15) is 0 Å². The fraction of sp³-hybridized carbons (Fsp3) is 0.270. The van der Waals surface area contributed by atoms with Gasteiger partial charge in [-0.25, -0.2) is 9.97 Å². The Balaban J connectivity index is 0.000000181. The lowest BCUT2D eigenvalue weighted by Crippen LogP contribution is -2.06. The summed E-state index contributed by atoms with van der Waals surface area (Å²) in [6, 6.07) is 123. The minimum atomic E-state index is 0.949. The summed E-state index contributed by atoms with van der Waals surface area (Å²) in [4.78, 5) is 9.34. The minimum Gasteiger partial charge on any atom is -0.313 e. The van der Waals surface area contributed by atoms with Gasteiger partial charge in [0.25, 0.3) is 0 Å². The van der Waals surface area contributed by atoms with Gasteiger partial charge in [0.05, 0.1) is 39.0 Å². The van der Waals surface area contributed by atoms with Gasteiger partial charge in [0.2, 0.25) is 0 Å². The van der Waals surface area contributed by atoms with Gasteiger partial charge in [0.1, 0.15) is 11.6 Å². The van der Waals surface area contributed by atoms with Crippen LogP contribution in [0.1, 0.15) is 278 Å². The molecule has 131 heavy (non-hydrogen) atoms. The molecule has 0 N–H and O–H groups in total. The molecule has 26 rings (SSSR count). The molecule has 5 heteroatoms. The van der Waals surface area contributed by atoms with Crippen molar-refractivity contribution in [2.75, 3.05) is 0 Å². The SMILES string of the molecule is CC.CC.CC.CC.CC.CC.CC.CC.CC.CC.CC.CC.c1ccc2c(c1)CC1=C2Cc2ccccc21.c1ccc2c(c1)CC1=C2c2ccccc2C1.c1ccc2c(c1)Cc1cc3ccccc3n1-2.c1ccc2c(c1)Cc1ccccc1-2.c1ccc2c(c1)Cc1ccccc1C2.c1ccc2c(c1)Cc1nc3ccccc3n1-2.c1ccc2c(c1)Cc1nc3ccccc3n1-2. The van der Waals surface area contributed by atoms with Crippen molar-refractivity contribution in [2.24, 2.45) is 0 Å². The number of nitrogens with zero attached hydrogens (tertiary/aromatic N) is 5. The summed E-state index contributed by atoms with van der Waals surface area (Å²) in [5, 5.41) is 1.34. The van der Waals surface area contributed by atoms with Gasteiger partial charge in [-0.3, -0.25) is 9.13 Å². The van der Waals surface area contributed by atoms with Gasteiger partial charge in [-0.2, -0.15) is 0 Å². The van der Waals surface area contributed by atoms with Crippen LogP contribution in [0.5, 0.6) is 0 Å². The number of fused-ring (bicyclic) bond motifs is 28. The molecule has 5 nitrogen and oxygen atoms in total. The summed E-state index contributed by atoms with van der Waals surface area (Å²) >= 11 is 0. The molecule has 17 aromatic rings. The van der Waals surface area contributed by atoms with Crippen LogP contribution < -0.4 is 0 Å². The maximum Gasteiger partial charge on any atom is 0.118 e. The smallest absolute Gasteiger partial charge is 0.118 e. The number of allylic oxidation sites excluding steroid dienone is 3. The van der Waals surface area contributed by atoms with Crippen LogP contribution >= 0.6 is 0 Å². The second-order valence-corrected chi connectivity index (χ2v) is 29.3. The summed E-state index contributed by atoms with van der Waals surface area (Å²) in [7, 11) is 0.